The zero-order valence-corrected chi connectivity index (χ0v) is 18.7. The van der Waals surface area contributed by atoms with Gasteiger partial charge in [0.05, 0.1) is 17.3 Å². The second-order valence-electron chi connectivity index (χ2n) is 7.94. The van der Waals surface area contributed by atoms with Gasteiger partial charge in [-0.1, -0.05) is 25.6 Å². The van der Waals surface area contributed by atoms with E-state index in [1.54, 1.807) is 4.90 Å². The number of thioether (sulfide) groups is 1. The molecule has 2 aromatic heterocycles. The molecule has 154 valence electrons. The first-order chi connectivity index (χ1) is 13.1. The van der Waals surface area contributed by atoms with Crippen molar-refractivity contribution < 1.29 is 13.2 Å². The van der Waals surface area contributed by atoms with Crippen molar-refractivity contribution in [3.63, 3.8) is 0 Å². The third-order valence-corrected chi connectivity index (χ3v) is 7.89. The quantitative estimate of drug-likeness (QED) is 0.662. The third-order valence-electron chi connectivity index (χ3n) is 5.25. The van der Waals surface area contributed by atoms with E-state index in [1.165, 1.54) is 11.8 Å². The summed E-state index contributed by atoms with van der Waals surface area (Å²) in [6.45, 7) is 10.7. The summed E-state index contributed by atoms with van der Waals surface area (Å²) < 4.78 is 25.7. The summed E-state index contributed by atoms with van der Waals surface area (Å²) in [4.78, 5) is 23.7. The van der Waals surface area contributed by atoms with Crippen LogP contribution in [0.15, 0.2) is 11.2 Å². The van der Waals surface area contributed by atoms with Crippen molar-refractivity contribution in [3.8, 4) is 0 Å². The number of hydrogen-bond acceptors (Lipinski definition) is 6. The van der Waals surface area contributed by atoms with Gasteiger partial charge >= 0.3 is 0 Å². The molecule has 7 nitrogen and oxygen atoms in total. The maximum absolute atomic E-state index is 12.9. The molecule has 0 bridgehead atoms. The van der Waals surface area contributed by atoms with Crippen molar-refractivity contribution in [2.75, 3.05) is 23.8 Å². The molecule has 9 heteroatoms. The lowest BCUT2D eigenvalue weighted by Gasteiger charge is -2.29. The molecule has 28 heavy (non-hydrogen) atoms. The van der Waals surface area contributed by atoms with E-state index in [9.17, 15) is 13.2 Å². The van der Waals surface area contributed by atoms with Crippen LogP contribution < -0.4 is 0 Å². The Kier molecular flexibility index (Phi) is 6.05. The molecule has 0 N–H and O–H groups in total. The summed E-state index contributed by atoms with van der Waals surface area (Å²) in [5, 5.41) is 0.748. The monoisotopic (exact) mass is 424 g/mol. The van der Waals surface area contributed by atoms with Gasteiger partial charge < -0.3 is 4.90 Å². The number of sulfone groups is 1. The SMILES string of the molecule is Cc1nc2nc(SCC(=O)N(CC(C)C)C3CCS(=O)(=O)C3)cn2c(C)c1C. The van der Waals surface area contributed by atoms with Crippen molar-refractivity contribution in [1.82, 2.24) is 19.3 Å². The first-order valence-corrected chi connectivity index (χ1v) is 12.3. The van der Waals surface area contributed by atoms with Crippen LogP contribution in [0.25, 0.3) is 5.78 Å². The first kappa shape index (κ1) is 21.1. The number of nitrogens with zero attached hydrogens (tertiary/aromatic N) is 4. The Labute approximate surface area is 170 Å². The van der Waals surface area contributed by atoms with Gasteiger partial charge in [0.1, 0.15) is 5.03 Å². The van der Waals surface area contributed by atoms with E-state index in [-0.39, 0.29) is 35.1 Å². The summed E-state index contributed by atoms with van der Waals surface area (Å²) in [5.41, 5.74) is 3.17. The predicted octanol–water partition coefficient (Wildman–Crippen LogP) is 2.42. The number of hydrogen-bond donors (Lipinski definition) is 0. The zero-order chi connectivity index (χ0) is 20.6. The summed E-state index contributed by atoms with van der Waals surface area (Å²) in [5.74, 6) is 1.37. The Morgan fingerprint density at radius 3 is 2.64 bits per heavy atom. The molecule has 0 radical (unpaired) electrons. The number of carbonyl (C=O) groups excluding carboxylic acids is 1. The van der Waals surface area contributed by atoms with Crippen LogP contribution in [0, 0.1) is 26.7 Å². The Balaban J connectivity index is 1.74. The largest absolute Gasteiger partial charge is 0.338 e. The number of carbonyl (C=O) groups is 1. The average molecular weight is 425 g/mol. The maximum atomic E-state index is 12.9. The van der Waals surface area contributed by atoms with Crippen LogP contribution in [0.5, 0.6) is 0 Å². The smallest absolute Gasteiger partial charge is 0.235 e. The molecule has 3 heterocycles. The lowest BCUT2D eigenvalue weighted by molar-refractivity contribution is -0.130. The molecule has 1 fully saturated rings. The number of fused-ring (bicyclic) bond motifs is 1. The van der Waals surface area contributed by atoms with Crippen molar-refractivity contribution in [3.05, 3.63) is 23.1 Å². The second-order valence-corrected chi connectivity index (χ2v) is 11.2. The van der Waals surface area contributed by atoms with Crippen molar-refractivity contribution in [1.29, 1.82) is 0 Å². The molecular weight excluding hydrogens is 396 g/mol. The first-order valence-electron chi connectivity index (χ1n) is 9.53. The van der Waals surface area contributed by atoms with Crippen LogP contribution in [-0.2, 0) is 14.6 Å². The topological polar surface area (TPSA) is 84.6 Å². The number of aryl methyl sites for hydroxylation is 2. The molecule has 1 aliphatic rings. The van der Waals surface area contributed by atoms with Gasteiger partial charge in [-0.05, 0) is 38.7 Å². The number of rotatable bonds is 6. The number of aromatic nitrogens is 3. The van der Waals surface area contributed by atoms with E-state index in [1.807, 2.05) is 45.2 Å². The van der Waals surface area contributed by atoms with E-state index in [4.69, 9.17) is 0 Å². The minimum atomic E-state index is -3.03. The molecule has 1 aliphatic heterocycles. The van der Waals surface area contributed by atoms with Crippen molar-refractivity contribution >= 4 is 33.3 Å². The van der Waals surface area contributed by atoms with Gasteiger partial charge in [0.25, 0.3) is 0 Å². The molecule has 3 rings (SSSR count). The van der Waals surface area contributed by atoms with Gasteiger partial charge in [-0.25, -0.2) is 18.4 Å². The fourth-order valence-electron chi connectivity index (χ4n) is 3.51. The Bertz CT molecular complexity index is 998. The molecule has 2 aromatic rings. The average Bonchev–Trinajstić information content (AvgIpc) is 3.18. The molecule has 1 saturated heterocycles. The number of amides is 1. The second kappa shape index (κ2) is 8.02. The fraction of sp³-hybridized carbons (Fsp3) is 0.632. The summed E-state index contributed by atoms with van der Waals surface area (Å²) >= 11 is 1.38. The van der Waals surface area contributed by atoms with Gasteiger partial charge in [0.2, 0.25) is 11.7 Å². The van der Waals surface area contributed by atoms with Crippen LogP contribution in [0.2, 0.25) is 0 Å². The van der Waals surface area contributed by atoms with Gasteiger partial charge in [-0.15, -0.1) is 0 Å². The Hall–Kier alpha value is -1.61. The minimum Gasteiger partial charge on any atom is -0.338 e. The highest BCUT2D eigenvalue weighted by atomic mass is 32.2. The molecule has 0 aromatic carbocycles. The van der Waals surface area contributed by atoms with Gasteiger partial charge in [-0.3, -0.25) is 9.20 Å². The highest BCUT2D eigenvalue weighted by Crippen LogP contribution is 2.24. The predicted molar refractivity (Wildman–Crippen MR) is 112 cm³/mol. The minimum absolute atomic E-state index is 0.0325. The lowest BCUT2D eigenvalue weighted by Crippen LogP contribution is -2.44. The van der Waals surface area contributed by atoms with Crippen LogP contribution in [-0.4, -0.2) is 63.4 Å². The van der Waals surface area contributed by atoms with E-state index in [2.05, 4.69) is 9.97 Å². The van der Waals surface area contributed by atoms with E-state index in [0.717, 1.165) is 22.0 Å². The normalized spacial score (nSPS) is 18.9. The molecule has 1 atom stereocenters. The van der Waals surface area contributed by atoms with E-state index in [0.29, 0.717) is 18.7 Å². The van der Waals surface area contributed by atoms with Crippen LogP contribution in [0.3, 0.4) is 0 Å². The van der Waals surface area contributed by atoms with Crippen molar-refractivity contribution in [2.24, 2.45) is 5.92 Å². The number of imidazole rings is 1. The summed E-state index contributed by atoms with van der Waals surface area (Å²) in [6.07, 6.45) is 2.44. The Morgan fingerprint density at radius 1 is 1.32 bits per heavy atom. The van der Waals surface area contributed by atoms with Gasteiger partial charge in [-0.2, -0.15) is 0 Å². The highest BCUT2D eigenvalue weighted by Gasteiger charge is 2.34. The molecule has 1 amide bonds. The van der Waals surface area contributed by atoms with Crippen LogP contribution >= 0.6 is 11.8 Å². The molecular formula is C19H28N4O3S2. The van der Waals surface area contributed by atoms with E-state index >= 15 is 0 Å². The highest BCUT2D eigenvalue weighted by molar-refractivity contribution is 7.99. The van der Waals surface area contributed by atoms with Crippen LogP contribution in [0.4, 0.5) is 0 Å². The molecule has 0 spiro atoms. The molecule has 0 saturated carbocycles. The summed E-state index contributed by atoms with van der Waals surface area (Å²) in [7, 11) is -3.03. The lowest BCUT2D eigenvalue weighted by atomic mass is 10.1. The maximum Gasteiger partial charge on any atom is 0.235 e. The van der Waals surface area contributed by atoms with Crippen LogP contribution in [0.1, 0.15) is 37.2 Å². The third kappa shape index (κ3) is 4.51. The van der Waals surface area contributed by atoms with E-state index < -0.39 is 9.84 Å². The van der Waals surface area contributed by atoms with Gasteiger partial charge in [0.15, 0.2) is 9.84 Å². The van der Waals surface area contributed by atoms with Gasteiger partial charge in [0, 0.05) is 30.2 Å². The summed E-state index contributed by atoms with van der Waals surface area (Å²) in [6, 6.07) is -0.212. The zero-order valence-electron chi connectivity index (χ0n) is 17.1. The molecule has 0 aliphatic carbocycles. The van der Waals surface area contributed by atoms with Crippen molar-refractivity contribution in [2.45, 2.75) is 52.1 Å². The molecule has 1 unspecified atom stereocenters. The fourth-order valence-corrected chi connectivity index (χ4v) is 6.00. The standard InChI is InChI=1S/C19H28N4O3S2/c1-12(2)8-23(16-6-7-28(25,26)11-16)18(24)10-27-17-9-22-15(5)13(3)14(4)20-19(22)21-17/h9,12,16H,6-8,10-11H2,1-5H3. The Morgan fingerprint density at radius 2 is 2.04 bits per heavy atom.